The van der Waals surface area contributed by atoms with Gasteiger partial charge in [0.05, 0.1) is 11.8 Å². The Morgan fingerprint density at radius 1 is 1.48 bits per heavy atom. The molecular formula is C16H27N3O2. The molecule has 1 aromatic rings. The number of rotatable bonds is 5. The zero-order valence-electron chi connectivity index (χ0n) is 13.6. The summed E-state index contributed by atoms with van der Waals surface area (Å²) in [4.78, 5) is 14.4. The van der Waals surface area contributed by atoms with Crippen LogP contribution >= 0.6 is 0 Å². The Morgan fingerprint density at radius 3 is 2.76 bits per heavy atom. The molecule has 0 spiro atoms. The zero-order valence-corrected chi connectivity index (χ0v) is 13.6. The smallest absolute Gasteiger partial charge is 0.223 e. The minimum atomic E-state index is -0.341. The third-order valence-corrected chi connectivity index (χ3v) is 4.56. The van der Waals surface area contributed by atoms with E-state index in [0.29, 0.717) is 12.8 Å². The highest BCUT2D eigenvalue weighted by atomic mass is 16.3. The first-order valence-electron chi connectivity index (χ1n) is 7.86. The number of aryl methyl sites for hydroxylation is 2. The fourth-order valence-electron chi connectivity index (χ4n) is 3.36. The highest BCUT2D eigenvalue weighted by molar-refractivity contribution is 5.77. The number of amides is 1. The molecule has 21 heavy (non-hydrogen) atoms. The SMILES string of the molecule is Cc1nn(C)c(C)c1CCC(=O)N1CCCC1CC(C)O. The topological polar surface area (TPSA) is 58.4 Å². The van der Waals surface area contributed by atoms with Crippen LogP contribution in [0.2, 0.25) is 0 Å². The van der Waals surface area contributed by atoms with Gasteiger partial charge in [-0.15, -0.1) is 0 Å². The van der Waals surface area contributed by atoms with Crippen LogP contribution in [0, 0.1) is 13.8 Å². The highest BCUT2D eigenvalue weighted by Gasteiger charge is 2.29. The maximum absolute atomic E-state index is 12.5. The van der Waals surface area contributed by atoms with Gasteiger partial charge in [-0.3, -0.25) is 9.48 Å². The van der Waals surface area contributed by atoms with Crippen LogP contribution in [0.15, 0.2) is 0 Å². The van der Waals surface area contributed by atoms with Crippen LogP contribution in [-0.2, 0) is 18.3 Å². The number of aliphatic hydroxyl groups excluding tert-OH is 1. The molecular weight excluding hydrogens is 266 g/mol. The fourth-order valence-corrected chi connectivity index (χ4v) is 3.36. The molecule has 1 fully saturated rings. The Hall–Kier alpha value is -1.36. The van der Waals surface area contributed by atoms with Crippen molar-refractivity contribution in [3.8, 4) is 0 Å². The van der Waals surface area contributed by atoms with Crippen molar-refractivity contribution in [3.63, 3.8) is 0 Å². The van der Waals surface area contributed by atoms with E-state index in [4.69, 9.17) is 0 Å². The molecule has 5 nitrogen and oxygen atoms in total. The lowest BCUT2D eigenvalue weighted by Crippen LogP contribution is -2.37. The van der Waals surface area contributed by atoms with Crippen molar-refractivity contribution in [2.75, 3.05) is 6.54 Å². The van der Waals surface area contributed by atoms with E-state index in [0.717, 1.165) is 37.2 Å². The summed E-state index contributed by atoms with van der Waals surface area (Å²) in [6, 6.07) is 0.216. The van der Waals surface area contributed by atoms with Crippen LogP contribution in [0.5, 0.6) is 0 Å². The van der Waals surface area contributed by atoms with Gasteiger partial charge in [0, 0.05) is 31.7 Å². The summed E-state index contributed by atoms with van der Waals surface area (Å²) in [5.41, 5.74) is 3.35. The van der Waals surface area contributed by atoms with Crippen LogP contribution in [0.1, 0.15) is 49.6 Å². The molecule has 2 unspecified atom stereocenters. The predicted molar refractivity (Wildman–Crippen MR) is 82.0 cm³/mol. The number of nitrogens with zero attached hydrogens (tertiary/aromatic N) is 3. The predicted octanol–water partition coefficient (Wildman–Crippen LogP) is 1.73. The summed E-state index contributed by atoms with van der Waals surface area (Å²) < 4.78 is 1.88. The third kappa shape index (κ3) is 3.64. The van der Waals surface area contributed by atoms with E-state index in [2.05, 4.69) is 5.10 Å². The average molecular weight is 293 g/mol. The van der Waals surface area contributed by atoms with Gasteiger partial charge in [-0.05, 0) is 52.0 Å². The van der Waals surface area contributed by atoms with Crippen LogP contribution in [-0.4, -0.2) is 44.4 Å². The molecule has 1 aliphatic rings. The van der Waals surface area contributed by atoms with E-state index in [1.165, 1.54) is 5.56 Å². The first-order chi connectivity index (χ1) is 9.90. The standard InChI is InChI=1S/C16H27N3O2/c1-11(20)10-14-6-5-9-19(14)16(21)8-7-15-12(2)17-18(4)13(15)3/h11,14,20H,5-10H2,1-4H3. The zero-order chi connectivity index (χ0) is 15.6. The molecule has 118 valence electrons. The number of hydrogen-bond acceptors (Lipinski definition) is 3. The largest absolute Gasteiger partial charge is 0.393 e. The van der Waals surface area contributed by atoms with E-state index in [1.807, 2.05) is 30.5 Å². The van der Waals surface area contributed by atoms with Crippen LogP contribution in [0.3, 0.4) is 0 Å². The lowest BCUT2D eigenvalue weighted by Gasteiger charge is -2.25. The number of hydrogen-bond donors (Lipinski definition) is 1. The molecule has 5 heteroatoms. The molecule has 2 atom stereocenters. The summed E-state index contributed by atoms with van der Waals surface area (Å²) in [6.45, 7) is 6.68. The molecule has 1 saturated heterocycles. The van der Waals surface area contributed by atoms with Gasteiger partial charge in [0.2, 0.25) is 5.91 Å². The van der Waals surface area contributed by atoms with Gasteiger partial charge in [-0.1, -0.05) is 0 Å². The molecule has 0 aromatic carbocycles. The van der Waals surface area contributed by atoms with Crippen molar-refractivity contribution in [2.45, 2.75) is 65.0 Å². The molecule has 1 N–H and O–H groups in total. The molecule has 2 heterocycles. The molecule has 1 aliphatic heterocycles. The Morgan fingerprint density at radius 2 is 2.19 bits per heavy atom. The third-order valence-electron chi connectivity index (χ3n) is 4.56. The Bertz CT molecular complexity index is 508. The lowest BCUT2D eigenvalue weighted by atomic mass is 10.1. The van der Waals surface area contributed by atoms with Gasteiger partial charge in [-0.2, -0.15) is 5.10 Å². The maximum atomic E-state index is 12.5. The van der Waals surface area contributed by atoms with Gasteiger partial charge >= 0.3 is 0 Å². The van der Waals surface area contributed by atoms with Crippen molar-refractivity contribution in [2.24, 2.45) is 7.05 Å². The molecule has 1 amide bonds. The van der Waals surface area contributed by atoms with Crippen molar-refractivity contribution in [1.82, 2.24) is 14.7 Å². The average Bonchev–Trinajstić information content (AvgIpc) is 2.93. The summed E-state index contributed by atoms with van der Waals surface area (Å²) >= 11 is 0. The van der Waals surface area contributed by atoms with E-state index in [1.54, 1.807) is 6.92 Å². The molecule has 0 saturated carbocycles. The first-order valence-corrected chi connectivity index (χ1v) is 7.86. The summed E-state index contributed by atoms with van der Waals surface area (Å²) in [5.74, 6) is 0.209. The van der Waals surface area contributed by atoms with E-state index in [-0.39, 0.29) is 18.1 Å². The number of aromatic nitrogens is 2. The number of aliphatic hydroxyl groups is 1. The normalized spacial score (nSPS) is 20.0. The quantitative estimate of drug-likeness (QED) is 0.899. The molecule has 0 bridgehead atoms. The fraction of sp³-hybridized carbons (Fsp3) is 0.750. The van der Waals surface area contributed by atoms with Crippen molar-refractivity contribution in [3.05, 3.63) is 17.0 Å². The second-order valence-electron chi connectivity index (χ2n) is 6.24. The minimum Gasteiger partial charge on any atom is -0.393 e. The van der Waals surface area contributed by atoms with E-state index < -0.39 is 0 Å². The first kappa shape index (κ1) is 16.0. The van der Waals surface area contributed by atoms with Gasteiger partial charge in [0.1, 0.15) is 0 Å². The van der Waals surface area contributed by atoms with Crippen LogP contribution in [0.4, 0.5) is 0 Å². The summed E-state index contributed by atoms with van der Waals surface area (Å²) in [5, 5.41) is 13.9. The summed E-state index contributed by atoms with van der Waals surface area (Å²) in [7, 11) is 1.94. The molecule has 0 aliphatic carbocycles. The monoisotopic (exact) mass is 293 g/mol. The van der Waals surface area contributed by atoms with Gasteiger partial charge < -0.3 is 10.0 Å². The van der Waals surface area contributed by atoms with Gasteiger partial charge in [-0.25, -0.2) is 0 Å². The second kappa shape index (κ2) is 6.60. The molecule has 2 rings (SSSR count). The Kier molecular flexibility index (Phi) is 5.04. The van der Waals surface area contributed by atoms with E-state index in [9.17, 15) is 9.90 Å². The number of carbonyl (C=O) groups is 1. The van der Waals surface area contributed by atoms with Crippen LogP contribution < -0.4 is 0 Å². The van der Waals surface area contributed by atoms with Gasteiger partial charge in [0.15, 0.2) is 0 Å². The molecule has 0 radical (unpaired) electrons. The van der Waals surface area contributed by atoms with E-state index >= 15 is 0 Å². The van der Waals surface area contributed by atoms with Gasteiger partial charge in [0.25, 0.3) is 0 Å². The Balaban J connectivity index is 1.95. The highest BCUT2D eigenvalue weighted by Crippen LogP contribution is 2.23. The number of carbonyl (C=O) groups excluding carboxylic acids is 1. The lowest BCUT2D eigenvalue weighted by molar-refractivity contribution is -0.132. The van der Waals surface area contributed by atoms with Crippen molar-refractivity contribution < 1.29 is 9.90 Å². The van der Waals surface area contributed by atoms with Crippen molar-refractivity contribution >= 4 is 5.91 Å². The minimum absolute atomic E-state index is 0.209. The maximum Gasteiger partial charge on any atom is 0.223 e. The van der Waals surface area contributed by atoms with Crippen LogP contribution in [0.25, 0.3) is 0 Å². The number of likely N-dealkylation sites (tertiary alicyclic amines) is 1. The molecule has 1 aromatic heterocycles. The Labute approximate surface area is 126 Å². The van der Waals surface area contributed by atoms with Crippen molar-refractivity contribution in [1.29, 1.82) is 0 Å². The summed E-state index contributed by atoms with van der Waals surface area (Å²) in [6.07, 6.45) is 3.70. The second-order valence-corrected chi connectivity index (χ2v) is 6.24.